The Labute approximate surface area is 363 Å². The Kier molecular flexibility index (Phi) is 7.91. The molecule has 0 spiro atoms. The van der Waals surface area contributed by atoms with Crippen molar-refractivity contribution in [3.63, 3.8) is 0 Å². The zero-order chi connectivity index (χ0) is 41.4. The zero-order valence-electron chi connectivity index (χ0n) is 34.1. The van der Waals surface area contributed by atoms with Crippen LogP contribution < -0.4 is 4.90 Å². The predicted molar refractivity (Wildman–Crippen MR) is 265 cm³/mol. The lowest BCUT2D eigenvalue weighted by atomic mass is 9.90. The predicted octanol–water partition coefficient (Wildman–Crippen LogP) is 17.4. The molecule has 0 radical (unpaired) electrons. The fourth-order valence-electron chi connectivity index (χ4n) is 9.95. The molecule has 0 bridgehead atoms. The Morgan fingerprint density at radius 3 is 1.32 bits per heavy atom. The lowest BCUT2D eigenvalue weighted by Crippen LogP contribution is -2.10. The molecule has 13 rings (SSSR count). The highest BCUT2D eigenvalue weighted by molar-refractivity contribution is 6.30. The van der Waals surface area contributed by atoms with Crippen LogP contribution in [-0.4, -0.2) is 0 Å². The largest absolute Gasteiger partial charge is 0.456 e. The Bertz CT molecular complexity index is 3760. The molecule has 0 N–H and O–H groups in total. The lowest BCUT2D eigenvalue weighted by molar-refractivity contribution is 0.663. The first-order valence-corrected chi connectivity index (χ1v) is 21.5. The normalized spacial score (nSPS) is 11.8. The number of furan rings is 2. The Morgan fingerprint density at radius 2 is 0.730 bits per heavy atom. The number of para-hydroxylation sites is 1. The third-order valence-corrected chi connectivity index (χ3v) is 12.9. The minimum Gasteiger partial charge on any atom is -0.456 e. The molecular weight excluding hydrogens is 767 g/mol. The molecule has 0 unspecified atom stereocenters. The average molecular weight is 804 g/mol. The summed E-state index contributed by atoms with van der Waals surface area (Å²) in [7, 11) is 0. The van der Waals surface area contributed by atoms with Crippen LogP contribution in [0.5, 0.6) is 0 Å². The Hall–Kier alpha value is -8.40. The molecule has 0 fully saturated rings. The van der Waals surface area contributed by atoms with Gasteiger partial charge in [0.15, 0.2) is 5.58 Å². The first-order chi connectivity index (χ1) is 31.2. The van der Waals surface area contributed by atoms with Crippen molar-refractivity contribution in [1.29, 1.82) is 0 Å². The highest BCUT2D eigenvalue weighted by Crippen LogP contribution is 2.50. The van der Waals surface area contributed by atoms with E-state index in [9.17, 15) is 0 Å². The van der Waals surface area contributed by atoms with Crippen LogP contribution in [0.3, 0.4) is 0 Å². The summed E-state index contributed by atoms with van der Waals surface area (Å²) in [5, 5.41) is 11.7. The maximum Gasteiger partial charge on any atom is 0.160 e. The molecule has 294 valence electrons. The van der Waals surface area contributed by atoms with Crippen molar-refractivity contribution in [2.75, 3.05) is 4.90 Å². The minimum atomic E-state index is 0.808. The fraction of sp³-hybridized carbons (Fsp3) is 0. The Morgan fingerprint density at radius 1 is 0.270 bits per heavy atom. The lowest BCUT2D eigenvalue weighted by Gasteiger charge is -2.26. The van der Waals surface area contributed by atoms with E-state index in [4.69, 9.17) is 8.83 Å². The van der Waals surface area contributed by atoms with Gasteiger partial charge < -0.3 is 13.7 Å². The maximum atomic E-state index is 7.21. The van der Waals surface area contributed by atoms with Gasteiger partial charge in [-0.25, -0.2) is 0 Å². The minimum absolute atomic E-state index is 0.808. The summed E-state index contributed by atoms with van der Waals surface area (Å²) in [6.07, 6.45) is 0. The number of nitrogens with zero attached hydrogens (tertiary/aromatic N) is 1. The number of hydrogen-bond donors (Lipinski definition) is 0. The molecule has 0 saturated heterocycles. The molecule has 63 heavy (non-hydrogen) atoms. The summed E-state index contributed by atoms with van der Waals surface area (Å²) in [6, 6.07) is 80.3. The van der Waals surface area contributed by atoms with Crippen molar-refractivity contribution >= 4 is 93.3 Å². The van der Waals surface area contributed by atoms with Gasteiger partial charge in [-0.1, -0.05) is 170 Å². The van der Waals surface area contributed by atoms with Gasteiger partial charge in [0.2, 0.25) is 0 Å². The van der Waals surface area contributed by atoms with Crippen molar-refractivity contribution < 1.29 is 8.83 Å². The topological polar surface area (TPSA) is 29.5 Å². The average Bonchev–Trinajstić information content (AvgIpc) is 3.94. The Balaban J connectivity index is 1.10. The third-order valence-electron chi connectivity index (χ3n) is 12.9. The standard InChI is InChI=1S/C60H37NO2/c1-3-13-38(14-4-1)40-23-28-43(29-24-40)61(44-30-25-41(26-31-44)39-15-5-2-6-16-39)53-34-33-45(58-59-56(63-60(53)58)36-35-55-57(59)51-21-11-12-22-54(51)62-55)42-27-32-50-48-19-8-7-17-46(48)47-18-9-10-20-49(47)52(50)37-42/h1-37H. The molecule has 0 aliphatic carbocycles. The zero-order valence-corrected chi connectivity index (χ0v) is 34.1. The molecule has 13 aromatic rings. The number of fused-ring (bicyclic) bond motifs is 13. The molecule has 11 aromatic carbocycles. The first-order valence-electron chi connectivity index (χ1n) is 21.5. The van der Waals surface area contributed by atoms with Crippen LogP contribution in [0.15, 0.2) is 233 Å². The van der Waals surface area contributed by atoms with Crippen LogP contribution >= 0.6 is 0 Å². The van der Waals surface area contributed by atoms with Gasteiger partial charge in [-0.15, -0.1) is 0 Å². The van der Waals surface area contributed by atoms with Crippen LogP contribution in [0.2, 0.25) is 0 Å². The van der Waals surface area contributed by atoms with E-state index in [-0.39, 0.29) is 0 Å². The van der Waals surface area contributed by atoms with Gasteiger partial charge >= 0.3 is 0 Å². The monoisotopic (exact) mass is 803 g/mol. The van der Waals surface area contributed by atoms with E-state index in [1.165, 1.54) is 43.4 Å². The summed E-state index contributed by atoms with van der Waals surface area (Å²) in [5.41, 5.74) is 13.2. The van der Waals surface area contributed by atoms with Gasteiger partial charge in [-0.2, -0.15) is 0 Å². The molecule has 2 aromatic heterocycles. The molecule has 2 heterocycles. The second-order valence-corrected chi connectivity index (χ2v) is 16.4. The van der Waals surface area contributed by atoms with E-state index < -0.39 is 0 Å². The van der Waals surface area contributed by atoms with Crippen molar-refractivity contribution in [2.45, 2.75) is 0 Å². The number of rotatable bonds is 6. The number of hydrogen-bond acceptors (Lipinski definition) is 3. The second kappa shape index (κ2) is 14.1. The fourth-order valence-corrected chi connectivity index (χ4v) is 9.95. The second-order valence-electron chi connectivity index (χ2n) is 16.4. The van der Waals surface area contributed by atoms with E-state index in [0.29, 0.717) is 0 Å². The van der Waals surface area contributed by atoms with Crippen molar-refractivity contribution in [3.05, 3.63) is 224 Å². The molecule has 0 aliphatic rings. The highest BCUT2D eigenvalue weighted by Gasteiger charge is 2.25. The van der Waals surface area contributed by atoms with Gasteiger partial charge in [0.25, 0.3) is 0 Å². The van der Waals surface area contributed by atoms with Crippen LogP contribution in [0.4, 0.5) is 17.1 Å². The van der Waals surface area contributed by atoms with Crippen LogP contribution in [0.25, 0.3) is 110 Å². The summed E-state index contributed by atoms with van der Waals surface area (Å²) in [4.78, 5) is 2.34. The third kappa shape index (κ3) is 5.60. The molecule has 3 heteroatoms. The molecule has 0 amide bonds. The van der Waals surface area contributed by atoms with Crippen LogP contribution in [-0.2, 0) is 0 Å². The molecule has 0 atom stereocenters. The highest BCUT2D eigenvalue weighted by atomic mass is 16.3. The van der Waals surface area contributed by atoms with E-state index in [0.717, 1.165) is 83.2 Å². The summed E-state index contributed by atoms with van der Waals surface area (Å²) < 4.78 is 13.7. The van der Waals surface area contributed by atoms with E-state index in [1.807, 2.05) is 6.07 Å². The maximum absolute atomic E-state index is 7.21. The molecule has 0 aliphatic heterocycles. The van der Waals surface area contributed by atoms with Gasteiger partial charge in [-0.3, -0.25) is 0 Å². The molecule has 3 nitrogen and oxygen atoms in total. The van der Waals surface area contributed by atoms with Crippen LogP contribution in [0, 0.1) is 0 Å². The van der Waals surface area contributed by atoms with Crippen molar-refractivity contribution in [2.24, 2.45) is 0 Å². The first kappa shape index (κ1) is 35.4. The van der Waals surface area contributed by atoms with Gasteiger partial charge in [0.1, 0.15) is 16.7 Å². The SMILES string of the molecule is c1ccc(-c2ccc(N(c3ccc(-c4ccccc4)cc3)c3ccc(-c4ccc5c6ccccc6c6ccccc6c5c4)c4c3oc3ccc5oc6ccccc6c5c34)cc2)cc1. The van der Waals surface area contributed by atoms with Crippen LogP contribution in [0.1, 0.15) is 0 Å². The van der Waals surface area contributed by atoms with Crippen molar-refractivity contribution in [1.82, 2.24) is 0 Å². The van der Waals surface area contributed by atoms with E-state index in [1.54, 1.807) is 0 Å². The van der Waals surface area contributed by atoms with Gasteiger partial charge in [0, 0.05) is 32.9 Å². The quantitative estimate of drug-likeness (QED) is 0.157. The summed E-state index contributed by atoms with van der Waals surface area (Å²) >= 11 is 0. The van der Waals surface area contributed by atoms with Crippen molar-refractivity contribution in [3.8, 4) is 33.4 Å². The van der Waals surface area contributed by atoms with E-state index in [2.05, 4.69) is 223 Å². The summed E-state index contributed by atoms with van der Waals surface area (Å²) in [6.45, 7) is 0. The van der Waals surface area contributed by atoms with Gasteiger partial charge in [0.05, 0.1) is 5.69 Å². The van der Waals surface area contributed by atoms with Gasteiger partial charge in [-0.05, 0) is 120 Å². The smallest absolute Gasteiger partial charge is 0.160 e. The van der Waals surface area contributed by atoms with E-state index >= 15 is 0 Å². The molecule has 0 saturated carbocycles. The number of benzene rings is 11. The summed E-state index contributed by atoms with van der Waals surface area (Å²) in [5.74, 6) is 0. The molecular formula is C60H37NO2. The number of anilines is 3.